The summed E-state index contributed by atoms with van der Waals surface area (Å²) in [4.78, 5) is 17.1. The number of benzene rings is 1. The van der Waals surface area contributed by atoms with Crippen molar-refractivity contribution in [3.8, 4) is 0 Å². The fourth-order valence-electron chi connectivity index (χ4n) is 6.54. The predicted molar refractivity (Wildman–Crippen MR) is 150 cm³/mol. The van der Waals surface area contributed by atoms with Crippen molar-refractivity contribution in [1.29, 1.82) is 0 Å². The van der Waals surface area contributed by atoms with E-state index < -0.39 is 11.9 Å². The average molecular weight is 521 g/mol. The number of nitrogens with zero attached hydrogens (tertiary/aromatic N) is 1. The van der Waals surface area contributed by atoms with Crippen LogP contribution in [0.5, 0.6) is 0 Å². The monoisotopic (exact) mass is 520 g/mol. The molecule has 0 spiro atoms. The smallest absolute Gasteiger partial charge is 0.310 e. The molecular weight excluding hydrogens is 476 g/mol. The Bertz CT molecular complexity index is 1090. The summed E-state index contributed by atoms with van der Waals surface area (Å²) in [6, 6.07) is 10.5. The van der Waals surface area contributed by atoms with Crippen molar-refractivity contribution >= 4 is 11.8 Å². The fraction of sp³-hybridized carbons (Fsp3) is 0.625. The summed E-state index contributed by atoms with van der Waals surface area (Å²) in [6.45, 7) is 4.56. The summed E-state index contributed by atoms with van der Waals surface area (Å²) in [5, 5.41) is 13.5. The minimum atomic E-state index is -0.701. The second-order valence-electron chi connectivity index (χ2n) is 11.5. The van der Waals surface area contributed by atoms with Crippen LogP contribution in [-0.2, 0) is 40.1 Å². The Morgan fingerprint density at radius 2 is 2.13 bits per heavy atom. The van der Waals surface area contributed by atoms with Crippen LogP contribution < -0.4 is 5.32 Å². The normalized spacial score (nSPS) is 23.3. The number of carbonyl (C=O) groups is 1. The van der Waals surface area contributed by atoms with E-state index in [4.69, 9.17) is 14.5 Å². The van der Waals surface area contributed by atoms with Gasteiger partial charge >= 0.3 is 5.97 Å². The number of ether oxygens (including phenoxy) is 2. The summed E-state index contributed by atoms with van der Waals surface area (Å²) in [5.74, 6) is 0.500. The molecule has 0 saturated heterocycles. The first kappa shape index (κ1) is 27.1. The van der Waals surface area contributed by atoms with Crippen LogP contribution in [0.1, 0.15) is 98.6 Å². The lowest BCUT2D eigenvalue weighted by atomic mass is 9.83. The number of fused-ring (bicyclic) bond motifs is 2. The summed E-state index contributed by atoms with van der Waals surface area (Å²) in [5.41, 5.74) is 5.90. The van der Waals surface area contributed by atoms with Gasteiger partial charge in [0.05, 0.1) is 24.7 Å². The van der Waals surface area contributed by atoms with Gasteiger partial charge in [0, 0.05) is 18.8 Å². The van der Waals surface area contributed by atoms with Gasteiger partial charge in [-0.3, -0.25) is 4.79 Å². The summed E-state index contributed by atoms with van der Waals surface area (Å²) < 4.78 is 12.2. The van der Waals surface area contributed by atoms with Crippen molar-refractivity contribution in [1.82, 2.24) is 4.98 Å². The number of aliphatic carboxylic acids is 1. The lowest BCUT2D eigenvalue weighted by molar-refractivity contribution is -0.139. The van der Waals surface area contributed by atoms with Crippen molar-refractivity contribution in [2.24, 2.45) is 5.92 Å². The second kappa shape index (κ2) is 13.1. The van der Waals surface area contributed by atoms with E-state index in [2.05, 4.69) is 30.4 Å². The zero-order chi connectivity index (χ0) is 26.3. The van der Waals surface area contributed by atoms with E-state index >= 15 is 0 Å². The van der Waals surface area contributed by atoms with Crippen LogP contribution >= 0.6 is 0 Å². The van der Waals surface area contributed by atoms with Gasteiger partial charge < -0.3 is 19.9 Å². The Hall–Kier alpha value is -2.44. The lowest BCUT2D eigenvalue weighted by Gasteiger charge is -2.28. The van der Waals surface area contributed by atoms with Crippen molar-refractivity contribution < 1.29 is 19.4 Å². The maximum atomic E-state index is 12.3. The number of carboxylic acid groups (broad SMARTS) is 1. The van der Waals surface area contributed by atoms with Crippen LogP contribution in [0.15, 0.2) is 30.3 Å². The first-order valence-corrected chi connectivity index (χ1v) is 14.9. The number of aromatic nitrogens is 1. The molecule has 38 heavy (non-hydrogen) atoms. The number of pyridine rings is 1. The topological polar surface area (TPSA) is 80.7 Å². The molecule has 1 aromatic carbocycles. The van der Waals surface area contributed by atoms with Crippen molar-refractivity contribution in [3.63, 3.8) is 0 Å². The third-order valence-corrected chi connectivity index (χ3v) is 8.83. The molecule has 1 aliphatic carbocycles. The van der Waals surface area contributed by atoms with Gasteiger partial charge in [-0.25, -0.2) is 4.98 Å². The average Bonchev–Trinajstić information content (AvgIpc) is 3.40. The Labute approximate surface area is 227 Å². The highest BCUT2D eigenvalue weighted by Gasteiger charge is 2.30. The Balaban J connectivity index is 1.04. The minimum Gasteiger partial charge on any atom is -0.481 e. The van der Waals surface area contributed by atoms with E-state index in [9.17, 15) is 9.90 Å². The van der Waals surface area contributed by atoms with E-state index in [-0.39, 0.29) is 6.10 Å². The molecule has 3 heterocycles. The number of aryl methyl sites for hydroxylation is 2. The first-order chi connectivity index (χ1) is 18.6. The Morgan fingerprint density at radius 3 is 3.00 bits per heavy atom. The largest absolute Gasteiger partial charge is 0.481 e. The quantitative estimate of drug-likeness (QED) is 0.313. The zero-order valence-corrected chi connectivity index (χ0v) is 22.9. The van der Waals surface area contributed by atoms with Crippen LogP contribution in [0.4, 0.5) is 5.82 Å². The summed E-state index contributed by atoms with van der Waals surface area (Å²) in [7, 11) is 0. The molecule has 6 heteroatoms. The molecule has 0 amide bonds. The molecule has 1 saturated carbocycles. The van der Waals surface area contributed by atoms with Gasteiger partial charge in [0.2, 0.25) is 0 Å². The molecule has 2 aliphatic heterocycles. The second-order valence-corrected chi connectivity index (χ2v) is 11.5. The van der Waals surface area contributed by atoms with E-state index in [1.165, 1.54) is 23.2 Å². The summed E-state index contributed by atoms with van der Waals surface area (Å²) >= 11 is 0. The van der Waals surface area contributed by atoms with Crippen molar-refractivity contribution in [2.45, 2.75) is 109 Å². The number of hydrogen-bond donors (Lipinski definition) is 2. The molecule has 0 radical (unpaired) electrons. The third-order valence-electron chi connectivity index (χ3n) is 8.83. The Kier molecular flexibility index (Phi) is 9.34. The first-order valence-electron chi connectivity index (χ1n) is 14.9. The molecule has 4 atom stereocenters. The maximum absolute atomic E-state index is 12.3. The number of hydrogen-bond acceptors (Lipinski definition) is 5. The molecular formula is C32H44N2O4. The number of anilines is 1. The van der Waals surface area contributed by atoms with E-state index in [1.807, 2.05) is 12.1 Å². The zero-order valence-electron chi connectivity index (χ0n) is 22.9. The minimum absolute atomic E-state index is 0.192. The maximum Gasteiger partial charge on any atom is 0.310 e. The van der Waals surface area contributed by atoms with Gasteiger partial charge in [0.25, 0.3) is 0 Å². The lowest BCUT2D eigenvalue weighted by Crippen LogP contribution is -2.25. The highest BCUT2D eigenvalue weighted by Crippen LogP contribution is 2.37. The number of unbranched alkanes of at least 4 members (excludes halogenated alkanes) is 1. The highest BCUT2D eigenvalue weighted by atomic mass is 16.5. The van der Waals surface area contributed by atoms with Crippen LogP contribution in [0.2, 0.25) is 0 Å². The summed E-state index contributed by atoms with van der Waals surface area (Å²) in [6.07, 6.45) is 12.7. The molecule has 5 rings (SSSR count). The third kappa shape index (κ3) is 6.76. The van der Waals surface area contributed by atoms with E-state index in [1.54, 1.807) is 0 Å². The predicted octanol–water partition coefficient (Wildman–Crippen LogP) is 6.45. The van der Waals surface area contributed by atoms with Gasteiger partial charge in [0.15, 0.2) is 0 Å². The van der Waals surface area contributed by atoms with Crippen molar-refractivity contribution in [2.75, 3.05) is 18.5 Å². The molecule has 3 unspecified atom stereocenters. The van der Waals surface area contributed by atoms with Gasteiger partial charge in [-0.05, 0) is 111 Å². The van der Waals surface area contributed by atoms with E-state index in [0.717, 1.165) is 94.3 Å². The SMILES string of the molecule is CCC1Cc2c(cccc2C(CCC2CC[C@@H](OCCCCc3ccc4c(n3)NCCC4)C2)C(=O)O)CO1. The van der Waals surface area contributed by atoms with E-state index in [0.29, 0.717) is 25.0 Å². The van der Waals surface area contributed by atoms with Crippen LogP contribution in [-0.4, -0.2) is 41.4 Å². The number of rotatable bonds is 12. The van der Waals surface area contributed by atoms with Crippen LogP contribution in [0.3, 0.4) is 0 Å². The molecule has 6 nitrogen and oxygen atoms in total. The molecule has 1 fully saturated rings. The van der Waals surface area contributed by atoms with Gasteiger partial charge in [-0.15, -0.1) is 0 Å². The highest BCUT2D eigenvalue weighted by molar-refractivity contribution is 5.77. The fourth-order valence-corrected chi connectivity index (χ4v) is 6.54. The molecule has 2 N–H and O–H groups in total. The standard InChI is InChI=1S/C32H44N2O4/c1-2-26-20-30-24(21-38-26)7-5-10-28(30)29(32(35)36)16-12-22-11-15-27(19-22)37-18-4-3-9-25-14-13-23-8-6-17-33-31(23)34-25/h5,7,10,13-14,22,26-27,29H,2-4,6,8-9,11-12,15-21H2,1H3,(H,33,34)(H,35,36)/t22?,26?,27-,29?/m1/s1. The molecule has 1 aromatic heterocycles. The molecule has 206 valence electrons. The molecule has 3 aliphatic rings. The van der Waals surface area contributed by atoms with Gasteiger partial charge in [-0.2, -0.15) is 0 Å². The molecule has 0 bridgehead atoms. The number of carboxylic acids is 1. The van der Waals surface area contributed by atoms with Crippen LogP contribution in [0.25, 0.3) is 0 Å². The Morgan fingerprint density at radius 1 is 1.21 bits per heavy atom. The van der Waals surface area contributed by atoms with Gasteiger partial charge in [-0.1, -0.05) is 31.2 Å². The van der Waals surface area contributed by atoms with Gasteiger partial charge in [0.1, 0.15) is 5.82 Å². The molecule has 2 aromatic rings. The number of nitrogens with one attached hydrogen (secondary N) is 1. The van der Waals surface area contributed by atoms with Crippen LogP contribution in [0, 0.1) is 5.92 Å². The van der Waals surface area contributed by atoms with Crippen molar-refractivity contribution in [3.05, 3.63) is 58.3 Å².